The topological polar surface area (TPSA) is 12.5 Å². The Kier molecular flexibility index (Phi) is 4.34. The smallest absolute Gasteiger partial charge is 0.0594 e. The highest BCUT2D eigenvalue weighted by molar-refractivity contribution is 9.09. The highest BCUT2D eigenvalue weighted by atomic mass is 79.9. The van der Waals surface area contributed by atoms with Gasteiger partial charge in [0.2, 0.25) is 0 Å². The van der Waals surface area contributed by atoms with Crippen molar-refractivity contribution in [3.8, 4) is 0 Å². The lowest BCUT2D eigenvalue weighted by atomic mass is 10.4. The number of ether oxygens (including phenoxy) is 1. The molecule has 0 saturated carbocycles. The molecule has 0 amide bonds. The highest BCUT2D eigenvalue weighted by Gasteiger charge is 2.08. The van der Waals surface area contributed by atoms with Gasteiger partial charge in [0, 0.05) is 18.4 Å². The van der Waals surface area contributed by atoms with Gasteiger partial charge in [-0.2, -0.15) is 0 Å². The Bertz CT molecular complexity index is 83.7. The van der Waals surface area contributed by atoms with E-state index in [-0.39, 0.29) is 0 Å². The summed E-state index contributed by atoms with van der Waals surface area (Å²) in [6, 6.07) is 0. The maximum atomic E-state index is 5.23. The third-order valence-electron chi connectivity index (χ3n) is 1.71. The monoisotopic (exact) mass is 207 g/mol. The van der Waals surface area contributed by atoms with Crippen molar-refractivity contribution in [2.45, 2.75) is 6.42 Å². The Balaban J connectivity index is 2.02. The van der Waals surface area contributed by atoms with Gasteiger partial charge in [-0.25, -0.2) is 0 Å². The van der Waals surface area contributed by atoms with Crippen LogP contribution in [-0.2, 0) is 4.74 Å². The van der Waals surface area contributed by atoms with Gasteiger partial charge in [-0.3, -0.25) is 4.90 Å². The van der Waals surface area contributed by atoms with Crippen molar-refractivity contribution in [1.82, 2.24) is 4.90 Å². The van der Waals surface area contributed by atoms with Crippen LogP contribution in [0.2, 0.25) is 0 Å². The third kappa shape index (κ3) is 2.99. The molecule has 0 aromatic heterocycles. The van der Waals surface area contributed by atoms with Crippen LogP contribution in [0.15, 0.2) is 0 Å². The fraction of sp³-hybridized carbons (Fsp3) is 1.00. The number of rotatable bonds is 3. The zero-order valence-electron chi connectivity index (χ0n) is 6.18. The molecular weight excluding hydrogens is 194 g/mol. The first-order valence-corrected chi connectivity index (χ1v) is 4.91. The van der Waals surface area contributed by atoms with E-state index in [1.54, 1.807) is 0 Å². The molecule has 0 aliphatic carbocycles. The van der Waals surface area contributed by atoms with Gasteiger partial charge in [0.1, 0.15) is 0 Å². The summed E-state index contributed by atoms with van der Waals surface area (Å²) in [5.41, 5.74) is 0. The van der Waals surface area contributed by atoms with Crippen molar-refractivity contribution in [3.63, 3.8) is 0 Å². The molecule has 3 heteroatoms. The molecule has 0 atom stereocenters. The van der Waals surface area contributed by atoms with E-state index < -0.39 is 0 Å². The molecule has 1 saturated heterocycles. The number of alkyl halides is 1. The second kappa shape index (κ2) is 5.10. The summed E-state index contributed by atoms with van der Waals surface area (Å²) in [6.07, 6.45) is 1.25. The van der Waals surface area contributed by atoms with E-state index in [9.17, 15) is 0 Å². The van der Waals surface area contributed by atoms with Crippen LogP contribution in [0.25, 0.3) is 0 Å². The lowest BCUT2D eigenvalue weighted by Gasteiger charge is -2.25. The van der Waals surface area contributed by atoms with E-state index in [0.29, 0.717) is 0 Å². The molecule has 0 aromatic carbocycles. The standard InChI is InChI=1S/C7H14BrNO/c8-2-1-3-9-4-6-10-7-5-9/h1-7H2. The van der Waals surface area contributed by atoms with Gasteiger partial charge >= 0.3 is 0 Å². The van der Waals surface area contributed by atoms with Crippen molar-refractivity contribution >= 4 is 15.9 Å². The van der Waals surface area contributed by atoms with Crippen LogP contribution in [0, 0.1) is 0 Å². The Morgan fingerprint density at radius 2 is 2.00 bits per heavy atom. The van der Waals surface area contributed by atoms with E-state index in [1.165, 1.54) is 13.0 Å². The number of hydrogen-bond acceptors (Lipinski definition) is 2. The summed E-state index contributed by atoms with van der Waals surface area (Å²) in [4.78, 5) is 2.45. The molecule has 1 heterocycles. The van der Waals surface area contributed by atoms with Crippen molar-refractivity contribution in [1.29, 1.82) is 0 Å². The van der Waals surface area contributed by atoms with Gasteiger partial charge in [0.15, 0.2) is 0 Å². The first-order valence-electron chi connectivity index (χ1n) is 3.79. The third-order valence-corrected chi connectivity index (χ3v) is 2.27. The molecule has 0 spiro atoms. The molecule has 0 radical (unpaired) electrons. The highest BCUT2D eigenvalue weighted by Crippen LogP contribution is 1.98. The zero-order valence-corrected chi connectivity index (χ0v) is 7.77. The summed E-state index contributed by atoms with van der Waals surface area (Å²) in [5.74, 6) is 0. The molecule has 0 aromatic rings. The quantitative estimate of drug-likeness (QED) is 0.644. The minimum absolute atomic E-state index is 0.919. The van der Waals surface area contributed by atoms with E-state index >= 15 is 0 Å². The van der Waals surface area contributed by atoms with Crippen LogP contribution in [0.3, 0.4) is 0 Å². The molecule has 0 unspecified atom stereocenters. The van der Waals surface area contributed by atoms with E-state index in [4.69, 9.17) is 4.74 Å². The Morgan fingerprint density at radius 3 is 2.60 bits per heavy atom. The summed E-state index contributed by atoms with van der Waals surface area (Å²) in [6.45, 7) is 5.29. The molecule has 2 nitrogen and oxygen atoms in total. The predicted molar refractivity (Wildman–Crippen MR) is 45.7 cm³/mol. The first kappa shape index (κ1) is 8.50. The predicted octanol–water partition coefficient (Wildman–Crippen LogP) is 1.10. The number of nitrogens with zero attached hydrogens (tertiary/aromatic N) is 1. The number of morpholine rings is 1. The maximum absolute atomic E-state index is 5.23. The summed E-state index contributed by atoms with van der Waals surface area (Å²) < 4.78 is 5.23. The van der Waals surface area contributed by atoms with Gasteiger partial charge in [-0.1, -0.05) is 15.9 Å². The molecule has 60 valence electrons. The average Bonchev–Trinajstić information content (AvgIpc) is 2.03. The molecular formula is C7H14BrNO. The maximum Gasteiger partial charge on any atom is 0.0594 e. The lowest BCUT2D eigenvalue weighted by Crippen LogP contribution is -2.36. The first-order chi connectivity index (χ1) is 4.93. The van der Waals surface area contributed by atoms with Crippen molar-refractivity contribution < 1.29 is 4.74 Å². The Morgan fingerprint density at radius 1 is 1.30 bits per heavy atom. The van der Waals surface area contributed by atoms with Crippen LogP contribution < -0.4 is 0 Å². The molecule has 1 aliphatic heterocycles. The van der Waals surface area contributed by atoms with Gasteiger partial charge < -0.3 is 4.74 Å². The zero-order chi connectivity index (χ0) is 7.23. The van der Waals surface area contributed by atoms with E-state index in [1.807, 2.05) is 0 Å². The minimum Gasteiger partial charge on any atom is -0.379 e. The molecule has 1 rings (SSSR count). The van der Waals surface area contributed by atoms with Crippen LogP contribution in [0.1, 0.15) is 6.42 Å². The SMILES string of the molecule is BrCCCN1CCOCC1. The fourth-order valence-corrected chi connectivity index (χ4v) is 1.36. The summed E-state index contributed by atoms with van der Waals surface area (Å²) in [7, 11) is 0. The van der Waals surface area contributed by atoms with Gasteiger partial charge in [-0.05, 0) is 13.0 Å². The van der Waals surface area contributed by atoms with Crippen LogP contribution in [0.5, 0.6) is 0 Å². The molecule has 1 fully saturated rings. The van der Waals surface area contributed by atoms with Crippen molar-refractivity contribution in [2.24, 2.45) is 0 Å². The second-order valence-corrected chi connectivity index (χ2v) is 3.29. The van der Waals surface area contributed by atoms with E-state index in [0.717, 1.165) is 31.6 Å². The van der Waals surface area contributed by atoms with Gasteiger partial charge in [-0.15, -0.1) is 0 Å². The van der Waals surface area contributed by atoms with Crippen LogP contribution in [0.4, 0.5) is 0 Å². The van der Waals surface area contributed by atoms with Crippen molar-refractivity contribution in [2.75, 3.05) is 38.2 Å². The molecule has 10 heavy (non-hydrogen) atoms. The summed E-state index contributed by atoms with van der Waals surface area (Å²) >= 11 is 3.42. The fourth-order valence-electron chi connectivity index (χ4n) is 1.11. The molecule has 0 bridgehead atoms. The lowest BCUT2D eigenvalue weighted by molar-refractivity contribution is 0.0381. The van der Waals surface area contributed by atoms with Crippen LogP contribution in [-0.4, -0.2) is 43.1 Å². The number of hydrogen-bond donors (Lipinski definition) is 0. The summed E-state index contributed by atoms with van der Waals surface area (Å²) in [5, 5.41) is 1.12. The average molecular weight is 208 g/mol. The van der Waals surface area contributed by atoms with Crippen LogP contribution >= 0.6 is 15.9 Å². The number of halogens is 1. The molecule has 0 N–H and O–H groups in total. The normalized spacial score (nSPS) is 21.3. The Hall–Kier alpha value is 0.400. The minimum atomic E-state index is 0.919. The largest absolute Gasteiger partial charge is 0.379 e. The van der Waals surface area contributed by atoms with Crippen molar-refractivity contribution in [3.05, 3.63) is 0 Å². The van der Waals surface area contributed by atoms with E-state index in [2.05, 4.69) is 20.8 Å². The second-order valence-electron chi connectivity index (χ2n) is 2.50. The Labute approximate surface area is 70.7 Å². The van der Waals surface area contributed by atoms with Gasteiger partial charge in [0.05, 0.1) is 13.2 Å². The van der Waals surface area contributed by atoms with Gasteiger partial charge in [0.25, 0.3) is 0 Å². The molecule has 1 aliphatic rings.